The summed E-state index contributed by atoms with van der Waals surface area (Å²) in [5, 5.41) is 10.2. The molecule has 250 valence electrons. The number of rotatable bonds is 26. The van der Waals surface area contributed by atoms with Crippen molar-refractivity contribution in [3.8, 4) is 0 Å². The summed E-state index contributed by atoms with van der Waals surface area (Å²) in [6.45, 7) is 1.89. The molecule has 0 radical (unpaired) electrons. The number of hydrogen-bond acceptors (Lipinski definition) is 7. The minimum atomic E-state index is -4.35. The zero-order valence-electron chi connectivity index (χ0n) is 26.2. The molecule has 3 N–H and O–H groups in total. The first-order valence-corrected chi connectivity index (χ1v) is 18.2. The summed E-state index contributed by atoms with van der Waals surface area (Å²) < 4.78 is 42.1. The second-order valence-electron chi connectivity index (χ2n) is 11.9. The third-order valence-corrected chi connectivity index (χ3v) is 9.08. The van der Waals surface area contributed by atoms with E-state index in [1.54, 1.807) is 0 Å². The zero-order valence-corrected chi connectivity index (χ0v) is 27.1. The smallest absolute Gasteiger partial charge is 0.390 e. The van der Waals surface area contributed by atoms with Crippen molar-refractivity contribution < 1.29 is 32.7 Å². The van der Waals surface area contributed by atoms with Crippen LogP contribution >= 0.6 is 7.82 Å². The highest BCUT2D eigenvalue weighted by atomic mass is 31.2. The van der Waals surface area contributed by atoms with E-state index in [9.17, 15) is 28.5 Å². The van der Waals surface area contributed by atoms with Gasteiger partial charge in [0.15, 0.2) is 0 Å². The molecular formula is C31H56FN2O8P. The predicted octanol–water partition coefficient (Wildman–Crippen LogP) is 7.28. The molecule has 0 bridgehead atoms. The fourth-order valence-corrected chi connectivity index (χ4v) is 6.22. The Labute approximate surface area is 256 Å². The van der Waals surface area contributed by atoms with Crippen molar-refractivity contribution in [3.63, 3.8) is 0 Å². The standard InChI is InChI=1S/C31H56FN2O8P/c1-2-3-4-5-6-7-8-9-10-11-12-13-14-15-16-17-18-19-20-21-22-40-43(38,39)41-25-28-27(35)23-29(42-28)34-24-26(32)30(36)33-31(34)37/h24,27-29,35H,2-23,25H2,1H3,(H,38,39)(H,33,36,37)/t27-,28+,29+/m0/s1. The third-order valence-electron chi connectivity index (χ3n) is 8.09. The van der Waals surface area contributed by atoms with Crippen LogP contribution in [0, 0.1) is 5.82 Å². The summed E-state index contributed by atoms with van der Waals surface area (Å²) in [6, 6.07) is 0. The van der Waals surface area contributed by atoms with Gasteiger partial charge in [0, 0.05) is 6.42 Å². The summed E-state index contributed by atoms with van der Waals surface area (Å²) in [4.78, 5) is 34.9. The summed E-state index contributed by atoms with van der Waals surface area (Å²) in [5.41, 5.74) is -2.05. The molecular weight excluding hydrogens is 578 g/mol. The summed E-state index contributed by atoms with van der Waals surface area (Å²) >= 11 is 0. The number of halogens is 1. The molecule has 1 saturated heterocycles. The van der Waals surface area contributed by atoms with Gasteiger partial charge in [-0.25, -0.2) is 9.36 Å². The second kappa shape index (κ2) is 22.2. The van der Waals surface area contributed by atoms with E-state index in [0.29, 0.717) is 12.6 Å². The molecule has 1 unspecified atom stereocenters. The first-order chi connectivity index (χ1) is 20.7. The number of aliphatic hydroxyl groups excluding tert-OH is 1. The number of phosphoric ester groups is 1. The first-order valence-electron chi connectivity index (χ1n) is 16.7. The summed E-state index contributed by atoms with van der Waals surface area (Å²) in [7, 11) is -4.35. The Kier molecular flexibility index (Phi) is 19.5. The van der Waals surface area contributed by atoms with E-state index in [-0.39, 0.29) is 13.0 Å². The van der Waals surface area contributed by atoms with Crippen molar-refractivity contribution in [2.75, 3.05) is 13.2 Å². The van der Waals surface area contributed by atoms with Gasteiger partial charge in [0.05, 0.1) is 25.5 Å². The van der Waals surface area contributed by atoms with E-state index in [0.717, 1.165) is 23.8 Å². The highest BCUT2D eigenvalue weighted by Crippen LogP contribution is 2.44. The number of aliphatic hydroxyl groups is 1. The Bertz CT molecular complexity index is 1040. The molecule has 43 heavy (non-hydrogen) atoms. The van der Waals surface area contributed by atoms with Crippen LogP contribution < -0.4 is 11.2 Å². The van der Waals surface area contributed by atoms with Crippen LogP contribution in [0.4, 0.5) is 4.39 Å². The largest absolute Gasteiger partial charge is 0.472 e. The van der Waals surface area contributed by atoms with Crippen LogP contribution in [0.5, 0.6) is 0 Å². The normalized spacial score (nSPS) is 20.0. The van der Waals surface area contributed by atoms with Crippen molar-refractivity contribution in [2.45, 2.75) is 160 Å². The van der Waals surface area contributed by atoms with E-state index < -0.39 is 49.9 Å². The van der Waals surface area contributed by atoms with Gasteiger partial charge in [-0.05, 0) is 6.42 Å². The fourth-order valence-electron chi connectivity index (χ4n) is 5.45. The first kappa shape index (κ1) is 37.8. The number of phosphoric acid groups is 1. The van der Waals surface area contributed by atoms with E-state index >= 15 is 0 Å². The van der Waals surface area contributed by atoms with E-state index in [4.69, 9.17) is 13.8 Å². The van der Waals surface area contributed by atoms with Crippen LogP contribution in [0.1, 0.15) is 148 Å². The van der Waals surface area contributed by atoms with Crippen molar-refractivity contribution in [3.05, 3.63) is 32.9 Å². The topological polar surface area (TPSA) is 140 Å². The highest BCUT2D eigenvalue weighted by Gasteiger charge is 2.37. The maximum atomic E-state index is 13.6. The van der Waals surface area contributed by atoms with Crippen LogP contribution in [0.25, 0.3) is 0 Å². The van der Waals surface area contributed by atoms with Crippen LogP contribution in [-0.4, -0.2) is 45.0 Å². The van der Waals surface area contributed by atoms with Gasteiger partial charge in [-0.15, -0.1) is 0 Å². The van der Waals surface area contributed by atoms with Gasteiger partial charge in [-0.1, -0.05) is 129 Å². The van der Waals surface area contributed by atoms with Gasteiger partial charge >= 0.3 is 13.5 Å². The Morgan fingerprint density at radius 1 is 0.860 bits per heavy atom. The zero-order chi connectivity index (χ0) is 31.3. The number of hydrogen-bond donors (Lipinski definition) is 3. The highest BCUT2D eigenvalue weighted by molar-refractivity contribution is 7.47. The third kappa shape index (κ3) is 16.5. The molecule has 12 heteroatoms. The Morgan fingerprint density at radius 3 is 1.81 bits per heavy atom. The van der Waals surface area contributed by atoms with E-state index in [1.807, 2.05) is 4.98 Å². The van der Waals surface area contributed by atoms with E-state index in [1.165, 1.54) is 103 Å². The molecule has 0 saturated carbocycles. The fraction of sp³-hybridized carbons (Fsp3) is 0.871. The van der Waals surface area contributed by atoms with Crippen molar-refractivity contribution in [1.29, 1.82) is 0 Å². The van der Waals surface area contributed by atoms with Crippen molar-refractivity contribution in [2.24, 2.45) is 0 Å². The average Bonchev–Trinajstić information content (AvgIpc) is 3.34. The van der Waals surface area contributed by atoms with Gasteiger partial charge in [0.2, 0.25) is 5.82 Å². The molecule has 0 amide bonds. The van der Waals surface area contributed by atoms with Crippen LogP contribution in [0.3, 0.4) is 0 Å². The molecule has 1 aromatic rings. The number of ether oxygens (including phenoxy) is 1. The Morgan fingerprint density at radius 2 is 1.33 bits per heavy atom. The number of unbranched alkanes of at least 4 members (excludes halogenated alkanes) is 19. The SMILES string of the molecule is CCCCCCCCCCCCCCCCCCCCCCOP(=O)(O)OC[C@H]1O[C@@H](n2cc(F)c(=O)[nH]c2=O)C[C@@H]1O. The molecule has 0 spiro atoms. The lowest BCUT2D eigenvalue weighted by Gasteiger charge is -2.18. The number of nitrogens with one attached hydrogen (secondary N) is 1. The molecule has 1 fully saturated rings. The van der Waals surface area contributed by atoms with Gasteiger partial charge in [0.1, 0.15) is 12.3 Å². The summed E-state index contributed by atoms with van der Waals surface area (Å²) in [6.07, 6.45) is 22.9. The lowest BCUT2D eigenvalue weighted by Crippen LogP contribution is -2.34. The van der Waals surface area contributed by atoms with Crippen LogP contribution in [0.15, 0.2) is 15.8 Å². The maximum Gasteiger partial charge on any atom is 0.472 e. The molecule has 0 aliphatic carbocycles. The monoisotopic (exact) mass is 634 g/mol. The van der Waals surface area contributed by atoms with Crippen molar-refractivity contribution in [1.82, 2.24) is 9.55 Å². The van der Waals surface area contributed by atoms with Gasteiger partial charge in [-0.3, -0.25) is 23.4 Å². The quantitative estimate of drug-likeness (QED) is 0.0714. The Balaban J connectivity index is 1.40. The van der Waals surface area contributed by atoms with Crippen LogP contribution in [0.2, 0.25) is 0 Å². The molecule has 1 aliphatic rings. The molecule has 4 atom stereocenters. The predicted molar refractivity (Wildman–Crippen MR) is 166 cm³/mol. The minimum Gasteiger partial charge on any atom is -0.390 e. The molecule has 2 rings (SSSR count). The number of aromatic amines is 1. The van der Waals surface area contributed by atoms with Crippen molar-refractivity contribution >= 4 is 7.82 Å². The maximum absolute atomic E-state index is 13.6. The summed E-state index contributed by atoms with van der Waals surface area (Å²) in [5.74, 6) is -1.17. The number of aromatic nitrogens is 2. The number of H-pyrrole nitrogens is 1. The lowest BCUT2D eigenvalue weighted by atomic mass is 10.0. The van der Waals surface area contributed by atoms with Gasteiger partial charge < -0.3 is 14.7 Å². The molecule has 2 heterocycles. The number of nitrogens with zero attached hydrogens (tertiary/aromatic N) is 1. The van der Waals surface area contributed by atoms with E-state index in [2.05, 4.69) is 6.92 Å². The molecule has 0 aromatic carbocycles. The molecule has 1 aromatic heterocycles. The average molecular weight is 635 g/mol. The van der Waals surface area contributed by atoms with Gasteiger partial charge in [0.25, 0.3) is 5.56 Å². The second-order valence-corrected chi connectivity index (χ2v) is 13.3. The van der Waals surface area contributed by atoms with Gasteiger partial charge in [-0.2, -0.15) is 4.39 Å². The molecule has 1 aliphatic heterocycles. The molecule has 10 nitrogen and oxygen atoms in total. The lowest BCUT2D eigenvalue weighted by molar-refractivity contribution is -0.0468. The van der Waals surface area contributed by atoms with Crippen LogP contribution in [-0.2, 0) is 18.3 Å². The minimum absolute atomic E-state index is 0.0789. The Hall–Kier alpha value is -1.36.